The molecule has 7 heteroatoms. The minimum absolute atomic E-state index is 0.0570. The first-order chi connectivity index (χ1) is 11.0. The molecule has 2 rings (SSSR count). The fourth-order valence-electron chi connectivity index (χ4n) is 2.69. The average molecular weight is 328 g/mol. The molecule has 1 aliphatic heterocycles. The van der Waals surface area contributed by atoms with E-state index >= 15 is 0 Å². The molecule has 0 aromatic heterocycles. The van der Waals surface area contributed by atoms with Crippen molar-refractivity contribution in [2.75, 3.05) is 26.3 Å². The number of urea groups is 1. The third kappa shape index (κ3) is 4.62. The summed E-state index contributed by atoms with van der Waals surface area (Å²) in [5, 5.41) is 11.5. The highest BCUT2D eigenvalue weighted by Gasteiger charge is 2.25. The summed E-state index contributed by atoms with van der Waals surface area (Å²) in [4.78, 5) is 13.9. The van der Waals surface area contributed by atoms with Gasteiger partial charge in [-0.15, -0.1) is 0 Å². The molecule has 0 bridgehead atoms. The number of likely N-dealkylation sites (tertiary alicyclic amines) is 1. The van der Waals surface area contributed by atoms with Gasteiger partial charge in [-0.25, -0.2) is 13.6 Å². The fourth-order valence-corrected chi connectivity index (χ4v) is 2.69. The van der Waals surface area contributed by atoms with Crippen LogP contribution in [0.5, 0.6) is 0 Å². The van der Waals surface area contributed by atoms with Crippen molar-refractivity contribution in [2.45, 2.75) is 31.9 Å². The monoisotopic (exact) mass is 328 g/mol. The van der Waals surface area contributed by atoms with Gasteiger partial charge in [0.25, 0.3) is 0 Å². The number of nitrogens with zero attached hydrogens (tertiary/aromatic N) is 1. The predicted octanol–water partition coefficient (Wildman–Crippen LogP) is 2.21. The van der Waals surface area contributed by atoms with Crippen LogP contribution in [0.1, 0.15) is 31.4 Å². The van der Waals surface area contributed by atoms with Gasteiger partial charge in [-0.05, 0) is 25.8 Å². The Morgan fingerprint density at radius 3 is 3.04 bits per heavy atom. The van der Waals surface area contributed by atoms with Gasteiger partial charge in [0.2, 0.25) is 0 Å². The summed E-state index contributed by atoms with van der Waals surface area (Å²) >= 11 is 0. The average Bonchev–Trinajstić information content (AvgIpc) is 2.55. The number of nitrogens with one attached hydrogen (secondary N) is 1. The van der Waals surface area contributed by atoms with E-state index in [1.165, 1.54) is 12.1 Å². The van der Waals surface area contributed by atoms with Crippen LogP contribution < -0.4 is 5.32 Å². The zero-order valence-electron chi connectivity index (χ0n) is 13.1. The minimum Gasteiger partial charge on any atom is -0.394 e. The van der Waals surface area contributed by atoms with Crippen LogP contribution in [0.15, 0.2) is 18.2 Å². The van der Waals surface area contributed by atoms with Gasteiger partial charge >= 0.3 is 6.03 Å². The molecule has 2 N–H and O–H groups in total. The lowest BCUT2D eigenvalue weighted by molar-refractivity contribution is -0.00597. The maximum absolute atomic E-state index is 13.8. The molecular weight excluding hydrogens is 306 g/mol. The predicted molar refractivity (Wildman–Crippen MR) is 80.9 cm³/mol. The molecule has 2 atom stereocenters. The molecule has 5 nitrogen and oxygen atoms in total. The maximum atomic E-state index is 13.8. The summed E-state index contributed by atoms with van der Waals surface area (Å²) in [5.74, 6) is -1.87. The summed E-state index contributed by atoms with van der Waals surface area (Å²) in [6.45, 7) is 2.80. The van der Waals surface area contributed by atoms with Gasteiger partial charge < -0.3 is 20.1 Å². The number of carbonyl (C=O) groups is 1. The summed E-state index contributed by atoms with van der Waals surface area (Å²) in [6.07, 6.45) is 1.52. The second-order valence-corrected chi connectivity index (χ2v) is 5.62. The molecule has 0 radical (unpaired) electrons. The molecule has 1 heterocycles. The molecule has 1 aromatic rings. The highest BCUT2D eigenvalue weighted by atomic mass is 19.2. The Kier molecular flexibility index (Phi) is 6.29. The van der Waals surface area contributed by atoms with Crippen molar-refractivity contribution < 1.29 is 23.4 Å². The van der Waals surface area contributed by atoms with Crippen molar-refractivity contribution in [3.8, 4) is 0 Å². The van der Waals surface area contributed by atoms with Crippen LogP contribution >= 0.6 is 0 Å². The van der Waals surface area contributed by atoms with Crippen LogP contribution in [-0.2, 0) is 4.74 Å². The largest absolute Gasteiger partial charge is 0.394 e. The minimum atomic E-state index is -0.942. The van der Waals surface area contributed by atoms with Crippen molar-refractivity contribution in [1.82, 2.24) is 10.2 Å². The quantitative estimate of drug-likeness (QED) is 0.871. The first kappa shape index (κ1) is 17.6. The van der Waals surface area contributed by atoms with Gasteiger partial charge in [0.1, 0.15) is 0 Å². The molecule has 1 aliphatic rings. The van der Waals surface area contributed by atoms with Crippen molar-refractivity contribution in [1.29, 1.82) is 0 Å². The normalized spacial score (nSPS) is 19.5. The van der Waals surface area contributed by atoms with Crippen molar-refractivity contribution in [3.63, 3.8) is 0 Å². The lowest BCUT2D eigenvalue weighted by atomic mass is 10.1. The number of piperidine rings is 1. The van der Waals surface area contributed by atoms with Gasteiger partial charge in [-0.1, -0.05) is 12.1 Å². The molecular formula is C16H22F2N2O3. The van der Waals surface area contributed by atoms with Gasteiger partial charge in [0, 0.05) is 18.7 Å². The third-order valence-electron chi connectivity index (χ3n) is 3.90. The number of halogens is 2. The highest BCUT2D eigenvalue weighted by Crippen LogP contribution is 2.20. The molecule has 1 aromatic carbocycles. The molecule has 0 spiro atoms. The summed E-state index contributed by atoms with van der Waals surface area (Å²) < 4.78 is 32.5. The number of aliphatic hydroxyl groups excluding tert-OH is 1. The first-order valence-electron chi connectivity index (χ1n) is 7.74. The third-order valence-corrected chi connectivity index (χ3v) is 3.90. The van der Waals surface area contributed by atoms with E-state index in [1.54, 1.807) is 11.8 Å². The number of hydrogen-bond acceptors (Lipinski definition) is 3. The van der Waals surface area contributed by atoms with Gasteiger partial charge in [0.05, 0.1) is 25.4 Å². The zero-order chi connectivity index (χ0) is 16.8. The van der Waals surface area contributed by atoms with Crippen LogP contribution in [0, 0.1) is 11.6 Å². The molecule has 2 amide bonds. The SMILES string of the molecule is C[C@H](NC(=O)N1CCC[C@H](OCCO)C1)c1cccc(F)c1F. The van der Waals surface area contributed by atoms with Crippen LogP contribution in [0.3, 0.4) is 0 Å². The van der Waals surface area contributed by atoms with Crippen molar-refractivity contribution in [2.24, 2.45) is 0 Å². The number of aliphatic hydroxyl groups is 1. The van der Waals surface area contributed by atoms with E-state index in [0.29, 0.717) is 13.1 Å². The van der Waals surface area contributed by atoms with Crippen molar-refractivity contribution in [3.05, 3.63) is 35.4 Å². The smallest absolute Gasteiger partial charge is 0.317 e. The second kappa shape index (κ2) is 8.21. The number of amides is 2. The maximum Gasteiger partial charge on any atom is 0.317 e. The Morgan fingerprint density at radius 2 is 2.30 bits per heavy atom. The molecule has 23 heavy (non-hydrogen) atoms. The standard InChI is InChI=1S/C16H22F2N2O3/c1-11(13-5-2-6-14(17)15(13)18)19-16(22)20-7-3-4-12(10-20)23-9-8-21/h2,5-6,11-12,21H,3-4,7-10H2,1H3,(H,19,22)/t11-,12-/m0/s1. The van der Waals surface area contributed by atoms with Gasteiger partial charge in [-0.2, -0.15) is 0 Å². The van der Waals surface area contributed by atoms with Crippen LogP contribution in [-0.4, -0.2) is 48.4 Å². The molecule has 0 unspecified atom stereocenters. The first-order valence-corrected chi connectivity index (χ1v) is 7.74. The van der Waals surface area contributed by atoms with Crippen LogP contribution in [0.25, 0.3) is 0 Å². The number of carbonyl (C=O) groups excluding carboxylic acids is 1. The highest BCUT2D eigenvalue weighted by molar-refractivity contribution is 5.74. The fraction of sp³-hybridized carbons (Fsp3) is 0.562. The molecule has 128 valence electrons. The summed E-state index contributed by atoms with van der Waals surface area (Å²) in [7, 11) is 0. The Labute approximate surface area is 134 Å². The van der Waals surface area contributed by atoms with E-state index in [0.717, 1.165) is 18.9 Å². The van der Waals surface area contributed by atoms with Crippen LogP contribution in [0.4, 0.5) is 13.6 Å². The molecule has 0 saturated carbocycles. The number of hydrogen-bond donors (Lipinski definition) is 2. The summed E-state index contributed by atoms with van der Waals surface area (Å²) in [6, 6.07) is 2.93. The van der Waals surface area contributed by atoms with E-state index in [4.69, 9.17) is 9.84 Å². The van der Waals surface area contributed by atoms with Gasteiger partial charge in [-0.3, -0.25) is 0 Å². The Morgan fingerprint density at radius 1 is 1.52 bits per heavy atom. The Hall–Kier alpha value is -1.73. The van der Waals surface area contributed by atoms with E-state index in [1.807, 2.05) is 0 Å². The van der Waals surface area contributed by atoms with Gasteiger partial charge in [0.15, 0.2) is 11.6 Å². The number of rotatable bonds is 5. The topological polar surface area (TPSA) is 61.8 Å². The lowest BCUT2D eigenvalue weighted by Crippen LogP contribution is -2.48. The Balaban J connectivity index is 1.94. The second-order valence-electron chi connectivity index (χ2n) is 5.62. The molecule has 0 aliphatic carbocycles. The lowest BCUT2D eigenvalue weighted by Gasteiger charge is -2.33. The molecule has 1 saturated heterocycles. The van der Waals surface area contributed by atoms with Crippen LogP contribution in [0.2, 0.25) is 0 Å². The number of ether oxygens (including phenoxy) is 1. The van der Waals surface area contributed by atoms with Crippen molar-refractivity contribution >= 4 is 6.03 Å². The molecule has 1 fully saturated rings. The summed E-state index contributed by atoms with van der Waals surface area (Å²) in [5.41, 5.74) is 0.114. The van der Waals surface area contributed by atoms with E-state index in [9.17, 15) is 13.6 Å². The zero-order valence-corrected chi connectivity index (χ0v) is 13.1. The van der Waals surface area contributed by atoms with E-state index in [2.05, 4.69) is 5.32 Å². The Bertz CT molecular complexity index is 542. The van der Waals surface area contributed by atoms with E-state index < -0.39 is 17.7 Å². The van der Waals surface area contributed by atoms with E-state index in [-0.39, 0.29) is 30.9 Å². The number of benzene rings is 1.